The summed E-state index contributed by atoms with van der Waals surface area (Å²) >= 11 is 5.89. The quantitative estimate of drug-likeness (QED) is 0.867. The monoisotopic (exact) mass is 336 g/mol. The molecule has 7 heteroatoms. The van der Waals surface area contributed by atoms with Crippen molar-refractivity contribution in [3.05, 3.63) is 34.3 Å². The number of nitrogens with zero attached hydrogens (tertiary/aromatic N) is 1. The molecule has 0 aliphatic carbocycles. The van der Waals surface area contributed by atoms with Gasteiger partial charge in [-0.1, -0.05) is 11.6 Å². The summed E-state index contributed by atoms with van der Waals surface area (Å²) in [6.45, 7) is 3.17. The Morgan fingerprint density at radius 1 is 1.23 bits per heavy atom. The van der Waals surface area contributed by atoms with Crippen LogP contribution in [0.1, 0.15) is 30.0 Å². The molecule has 1 atom stereocenters. The Bertz CT molecular complexity index is 490. The SMILES string of the molecule is OCCC[C@@H](c1cc(Cl)cc(C(F)(F)F)c1)N1CCNCC1. The minimum Gasteiger partial charge on any atom is -0.396 e. The van der Waals surface area contributed by atoms with Crippen LogP contribution in [0.2, 0.25) is 5.02 Å². The zero-order chi connectivity index (χ0) is 16.2. The Labute approximate surface area is 133 Å². The van der Waals surface area contributed by atoms with Crippen molar-refractivity contribution in [2.24, 2.45) is 0 Å². The first-order valence-corrected chi connectivity index (χ1v) is 7.73. The molecule has 2 N–H and O–H groups in total. The summed E-state index contributed by atoms with van der Waals surface area (Å²) in [5.41, 5.74) is -0.158. The van der Waals surface area contributed by atoms with Crippen LogP contribution in [0.5, 0.6) is 0 Å². The van der Waals surface area contributed by atoms with Gasteiger partial charge in [-0.3, -0.25) is 4.90 Å². The van der Waals surface area contributed by atoms with Crippen LogP contribution >= 0.6 is 11.6 Å². The highest BCUT2D eigenvalue weighted by molar-refractivity contribution is 6.30. The molecule has 0 amide bonds. The maximum absolute atomic E-state index is 13.0. The molecule has 1 saturated heterocycles. The number of nitrogens with one attached hydrogen (secondary N) is 1. The van der Waals surface area contributed by atoms with Crippen molar-refractivity contribution >= 4 is 11.6 Å². The average molecular weight is 337 g/mol. The van der Waals surface area contributed by atoms with Crippen LogP contribution < -0.4 is 5.32 Å². The number of hydrogen-bond acceptors (Lipinski definition) is 3. The van der Waals surface area contributed by atoms with E-state index >= 15 is 0 Å². The van der Waals surface area contributed by atoms with E-state index in [0.717, 1.165) is 32.2 Å². The summed E-state index contributed by atoms with van der Waals surface area (Å²) in [6, 6.07) is 3.57. The van der Waals surface area contributed by atoms with Crippen LogP contribution in [0.15, 0.2) is 18.2 Å². The minimum absolute atomic E-state index is 0.0231. The molecular formula is C15H20ClF3N2O. The van der Waals surface area contributed by atoms with Crippen molar-refractivity contribution in [3.8, 4) is 0 Å². The normalized spacial score (nSPS) is 18.4. The molecule has 1 aromatic rings. The standard InChI is InChI=1S/C15H20ClF3N2O/c16-13-9-11(8-12(10-13)15(17,18)19)14(2-1-7-22)21-5-3-20-4-6-21/h8-10,14,20,22H,1-7H2/t14-/m0/s1. The zero-order valence-corrected chi connectivity index (χ0v) is 12.9. The first-order valence-electron chi connectivity index (χ1n) is 7.35. The first-order chi connectivity index (χ1) is 10.4. The molecule has 0 aromatic heterocycles. The van der Waals surface area contributed by atoms with Gasteiger partial charge in [0.2, 0.25) is 0 Å². The van der Waals surface area contributed by atoms with E-state index in [0.29, 0.717) is 18.4 Å². The second-order valence-electron chi connectivity index (χ2n) is 5.44. The van der Waals surface area contributed by atoms with Gasteiger partial charge >= 0.3 is 6.18 Å². The number of alkyl halides is 3. The van der Waals surface area contributed by atoms with E-state index in [9.17, 15) is 13.2 Å². The molecule has 1 aliphatic heterocycles. The van der Waals surface area contributed by atoms with Crippen LogP contribution in [0.3, 0.4) is 0 Å². The third-order valence-electron chi connectivity index (χ3n) is 3.86. The summed E-state index contributed by atoms with van der Waals surface area (Å²) in [5, 5.41) is 12.4. The van der Waals surface area contributed by atoms with Crippen molar-refractivity contribution in [2.75, 3.05) is 32.8 Å². The molecule has 1 fully saturated rings. The Hall–Kier alpha value is -0.820. The number of aliphatic hydroxyl groups excluding tert-OH is 1. The molecule has 0 bridgehead atoms. The molecule has 1 aromatic carbocycles. The number of hydrogen-bond donors (Lipinski definition) is 2. The van der Waals surface area contributed by atoms with Gasteiger partial charge < -0.3 is 10.4 Å². The van der Waals surface area contributed by atoms with E-state index in [1.54, 1.807) is 6.07 Å². The average Bonchev–Trinajstić information content (AvgIpc) is 2.47. The number of aliphatic hydroxyl groups is 1. The number of rotatable bonds is 5. The molecule has 2 rings (SSSR count). The van der Waals surface area contributed by atoms with Gasteiger partial charge in [0, 0.05) is 43.9 Å². The lowest BCUT2D eigenvalue weighted by molar-refractivity contribution is -0.137. The Morgan fingerprint density at radius 3 is 2.50 bits per heavy atom. The van der Waals surface area contributed by atoms with Gasteiger partial charge in [0.1, 0.15) is 0 Å². The predicted octanol–water partition coefficient (Wildman–Crippen LogP) is 3.08. The Morgan fingerprint density at radius 2 is 1.91 bits per heavy atom. The van der Waals surface area contributed by atoms with E-state index in [2.05, 4.69) is 10.2 Å². The van der Waals surface area contributed by atoms with Crippen LogP contribution in [-0.2, 0) is 6.18 Å². The Balaban J connectivity index is 2.31. The van der Waals surface area contributed by atoms with Crippen molar-refractivity contribution in [2.45, 2.75) is 25.1 Å². The summed E-state index contributed by atoms with van der Waals surface area (Å²) < 4.78 is 38.9. The van der Waals surface area contributed by atoms with E-state index in [-0.39, 0.29) is 17.7 Å². The lowest BCUT2D eigenvalue weighted by Crippen LogP contribution is -2.45. The topological polar surface area (TPSA) is 35.5 Å². The van der Waals surface area contributed by atoms with Gasteiger partial charge in [-0.2, -0.15) is 13.2 Å². The molecule has 124 valence electrons. The lowest BCUT2D eigenvalue weighted by Gasteiger charge is -2.35. The number of halogens is 4. The van der Waals surface area contributed by atoms with E-state index in [4.69, 9.17) is 16.7 Å². The fourth-order valence-electron chi connectivity index (χ4n) is 2.81. The van der Waals surface area contributed by atoms with E-state index < -0.39 is 11.7 Å². The summed E-state index contributed by atoms with van der Waals surface area (Å²) in [7, 11) is 0. The fourth-order valence-corrected chi connectivity index (χ4v) is 3.05. The zero-order valence-electron chi connectivity index (χ0n) is 12.2. The van der Waals surface area contributed by atoms with Crippen LogP contribution in [0.25, 0.3) is 0 Å². The molecule has 0 spiro atoms. The van der Waals surface area contributed by atoms with Crippen LogP contribution in [-0.4, -0.2) is 42.8 Å². The van der Waals surface area contributed by atoms with Crippen LogP contribution in [0, 0.1) is 0 Å². The maximum Gasteiger partial charge on any atom is 0.416 e. The van der Waals surface area contributed by atoms with Crippen molar-refractivity contribution in [3.63, 3.8) is 0 Å². The largest absolute Gasteiger partial charge is 0.416 e. The molecule has 0 saturated carbocycles. The Kier molecular flexibility index (Phi) is 6.09. The minimum atomic E-state index is -4.41. The third kappa shape index (κ3) is 4.59. The fraction of sp³-hybridized carbons (Fsp3) is 0.600. The van der Waals surface area contributed by atoms with Gasteiger partial charge in [-0.25, -0.2) is 0 Å². The highest BCUT2D eigenvalue weighted by atomic mass is 35.5. The van der Waals surface area contributed by atoms with Gasteiger partial charge in [-0.05, 0) is 36.6 Å². The summed E-state index contributed by atoms with van der Waals surface area (Å²) in [6.07, 6.45) is -3.26. The van der Waals surface area contributed by atoms with Crippen molar-refractivity contribution in [1.29, 1.82) is 0 Å². The molecule has 3 nitrogen and oxygen atoms in total. The highest BCUT2D eigenvalue weighted by Crippen LogP contribution is 2.35. The molecule has 1 heterocycles. The van der Waals surface area contributed by atoms with Gasteiger partial charge in [0.05, 0.1) is 5.56 Å². The van der Waals surface area contributed by atoms with Crippen molar-refractivity contribution in [1.82, 2.24) is 10.2 Å². The third-order valence-corrected chi connectivity index (χ3v) is 4.08. The van der Waals surface area contributed by atoms with Crippen LogP contribution in [0.4, 0.5) is 13.2 Å². The summed E-state index contributed by atoms with van der Waals surface area (Å²) in [4.78, 5) is 2.15. The molecule has 22 heavy (non-hydrogen) atoms. The second kappa shape index (κ2) is 7.64. The number of piperazine rings is 1. The van der Waals surface area contributed by atoms with Gasteiger partial charge in [0.25, 0.3) is 0 Å². The molecule has 0 radical (unpaired) electrons. The predicted molar refractivity (Wildman–Crippen MR) is 80.0 cm³/mol. The molecular weight excluding hydrogens is 317 g/mol. The molecule has 1 aliphatic rings. The smallest absolute Gasteiger partial charge is 0.396 e. The van der Waals surface area contributed by atoms with Gasteiger partial charge in [-0.15, -0.1) is 0 Å². The van der Waals surface area contributed by atoms with E-state index in [1.165, 1.54) is 6.07 Å². The first kappa shape index (κ1) is 17.5. The van der Waals surface area contributed by atoms with Gasteiger partial charge in [0.15, 0.2) is 0 Å². The second-order valence-corrected chi connectivity index (χ2v) is 5.88. The highest BCUT2D eigenvalue weighted by Gasteiger charge is 2.32. The summed E-state index contributed by atoms with van der Waals surface area (Å²) in [5.74, 6) is 0. The van der Waals surface area contributed by atoms with Crippen molar-refractivity contribution < 1.29 is 18.3 Å². The molecule has 0 unspecified atom stereocenters. The number of benzene rings is 1. The van der Waals surface area contributed by atoms with E-state index in [1.807, 2.05) is 0 Å². The lowest BCUT2D eigenvalue weighted by atomic mass is 9.97. The maximum atomic E-state index is 13.0.